The minimum absolute atomic E-state index is 0.0936. The quantitative estimate of drug-likeness (QED) is 0.246. The third-order valence-electron chi connectivity index (χ3n) is 8.42. The second-order valence-corrected chi connectivity index (χ2v) is 12.3. The molecule has 0 radical (unpaired) electrons. The molecule has 2 saturated heterocycles. The van der Waals surface area contributed by atoms with Crippen LogP contribution < -0.4 is 5.32 Å². The molecule has 0 saturated carbocycles. The van der Waals surface area contributed by atoms with Crippen molar-refractivity contribution < 1.29 is 22.8 Å². The average molecular weight is 619 g/mol. The Labute approximate surface area is 258 Å². The summed E-state index contributed by atoms with van der Waals surface area (Å²) >= 11 is 1.49. The van der Waals surface area contributed by atoms with Gasteiger partial charge in [-0.3, -0.25) is 14.5 Å². The highest BCUT2D eigenvalue weighted by atomic mass is 32.1. The van der Waals surface area contributed by atoms with Crippen molar-refractivity contribution in [1.82, 2.24) is 20.1 Å². The molecule has 0 aliphatic carbocycles. The van der Waals surface area contributed by atoms with Gasteiger partial charge < -0.3 is 10.2 Å². The van der Waals surface area contributed by atoms with Crippen LogP contribution in [0, 0.1) is 0 Å². The third kappa shape index (κ3) is 6.87. The zero-order valence-electron chi connectivity index (χ0n) is 24.1. The maximum atomic E-state index is 13.5. The Morgan fingerprint density at radius 3 is 2.32 bits per heavy atom. The van der Waals surface area contributed by atoms with Crippen LogP contribution >= 0.6 is 11.3 Å². The summed E-state index contributed by atoms with van der Waals surface area (Å²) < 4.78 is 39.1. The minimum atomic E-state index is -4.42. The number of carbonyl (C=O) groups is 2. The number of thiazole rings is 1. The predicted molar refractivity (Wildman–Crippen MR) is 164 cm³/mol. The summed E-state index contributed by atoms with van der Waals surface area (Å²) in [6.45, 7) is 3.69. The lowest BCUT2D eigenvalue weighted by atomic mass is 9.94. The van der Waals surface area contributed by atoms with Gasteiger partial charge in [0.05, 0.1) is 10.6 Å². The standard InChI is InChI=1S/C34H33F3N4O2S/c35-34(36,37)26-12-10-24(11-13-26)28-8-4-5-9-29(28)33(43)41-18-14-25(15-19-41)32-39-30(22-44-32)31(42)38-27-16-17-40(21-27)20-23-6-2-1-3-7-23/h1-13,22,25,27H,14-21H2,(H,38,42). The van der Waals surface area contributed by atoms with Gasteiger partial charge >= 0.3 is 6.18 Å². The molecule has 1 atom stereocenters. The minimum Gasteiger partial charge on any atom is -0.347 e. The molecule has 10 heteroatoms. The van der Waals surface area contributed by atoms with Crippen LogP contribution in [-0.2, 0) is 12.7 Å². The zero-order chi connectivity index (χ0) is 30.7. The van der Waals surface area contributed by atoms with Gasteiger partial charge in [-0.1, -0.05) is 60.7 Å². The van der Waals surface area contributed by atoms with Crippen LogP contribution in [0.2, 0.25) is 0 Å². The van der Waals surface area contributed by atoms with Crippen LogP contribution in [0.25, 0.3) is 11.1 Å². The Kier molecular flexibility index (Phi) is 8.81. The van der Waals surface area contributed by atoms with E-state index in [1.165, 1.54) is 29.0 Å². The van der Waals surface area contributed by atoms with Gasteiger partial charge in [-0.2, -0.15) is 13.2 Å². The fraction of sp³-hybridized carbons (Fsp3) is 0.324. The molecule has 3 aromatic carbocycles. The Morgan fingerprint density at radius 1 is 0.886 bits per heavy atom. The third-order valence-corrected chi connectivity index (χ3v) is 9.43. The molecule has 44 heavy (non-hydrogen) atoms. The van der Waals surface area contributed by atoms with Crippen LogP contribution in [0.3, 0.4) is 0 Å². The summed E-state index contributed by atoms with van der Waals surface area (Å²) in [6, 6.07) is 22.3. The van der Waals surface area contributed by atoms with E-state index in [1.807, 2.05) is 23.6 Å². The number of piperidine rings is 1. The molecule has 0 spiro atoms. The molecular formula is C34H33F3N4O2S. The van der Waals surface area contributed by atoms with Gasteiger partial charge in [0.25, 0.3) is 11.8 Å². The lowest BCUT2D eigenvalue weighted by Crippen LogP contribution is -2.38. The van der Waals surface area contributed by atoms with Crippen LogP contribution in [0.4, 0.5) is 13.2 Å². The summed E-state index contributed by atoms with van der Waals surface area (Å²) in [5.41, 5.74) is 2.61. The number of rotatable bonds is 7. The number of likely N-dealkylation sites (tertiary alicyclic amines) is 2. The van der Waals surface area contributed by atoms with Crippen molar-refractivity contribution in [2.75, 3.05) is 26.2 Å². The highest BCUT2D eigenvalue weighted by molar-refractivity contribution is 7.09. The average Bonchev–Trinajstić information content (AvgIpc) is 3.71. The summed E-state index contributed by atoms with van der Waals surface area (Å²) in [7, 11) is 0. The van der Waals surface area contributed by atoms with Crippen molar-refractivity contribution in [3.05, 3.63) is 112 Å². The van der Waals surface area contributed by atoms with Crippen LogP contribution in [0.15, 0.2) is 84.2 Å². The lowest BCUT2D eigenvalue weighted by molar-refractivity contribution is -0.137. The number of benzene rings is 3. The summed E-state index contributed by atoms with van der Waals surface area (Å²) in [6.07, 6.45) is -2.07. The van der Waals surface area contributed by atoms with Crippen molar-refractivity contribution in [3.8, 4) is 11.1 Å². The normalized spacial score (nSPS) is 18.0. The topological polar surface area (TPSA) is 65.5 Å². The second kappa shape index (κ2) is 12.9. The van der Waals surface area contributed by atoms with Crippen LogP contribution in [0.1, 0.15) is 62.2 Å². The monoisotopic (exact) mass is 618 g/mol. The molecule has 1 aromatic heterocycles. The summed E-state index contributed by atoms with van der Waals surface area (Å²) in [5.74, 6) is -0.133. The van der Waals surface area contributed by atoms with Gasteiger partial charge in [-0.25, -0.2) is 4.98 Å². The van der Waals surface area contributed by atoms with Crippen molar-refractivity contribution >= 4 is 23.2 Å². The first kappa shape index (κ1) is 30.0. The highest BCUT2D eigenvalue weighted by Gasteiger charge is 2.31. The largest absolute Gasteiger partial charge is 0.416 e. The Morgan fingerprint density at radius 2 is 1.59 bits per heavy atom. The maximum Gasteiger partial charge on any atom is 0.416 e. The van der Waals surface area contributed by atoms with Crippen molar-refractivity contribution in [3.63, 3.8) is 0 Å². The molecule has 2 aliphatic heterocycles. The molecule has 1 N–H and O–H groups in total. The number of nitrogens with zero attached hydrogens (tertiary/aromatic N) is 3. The van der Waals surface area contributed by atoms with Crippen molar-refractivity contribution in [2.45, 2.75) is 43.9 Å². The van der Waals surface area contributed by atoms with E-state index in [9.17, 15) is 22.8 Å². The van der Waals surface area contributed by atoms with Crippen molar-refractivity contribution in [1.29, 1.82) is 0 Å². The lowest BCUT2D eigenvalue weighted by Gasteiger charge is -2.31. The summed E-state index contributed by atoms with van der Waals surface area (Å²) in [5, 5.41) is 5.88. The van der Waals surface area contributed by atoms with Crippen LogP contribution in [0.5, 0.6) is 0 Å². The number of hydrogen-bond acceptors (Lipinski definition) is 5. The molecule has 3 heterocycles. The first-order valence-corrected chi connectivity index (χ1v) is 15.7. The molecular weight excluding hydrogens is 585 g/mol. The first-order valence-electron chi connectivity index (χ1n) is 14.8. The Bertz CT molecular complexity index is 1600. The fourth-order valence-corrected chi connectivity index (χ4v) is 7.01. The molecule has 4 aromatic rings. The predicted octanol–water partition coefficient (Wildman–Crippen LogP) is 6.85. The van der Waals surface area contributed by atoms with Gasteiger partial charge in [-0.15, -0.1) is 11.3 Å². The molecule has 228 valence electrons. The Hall–Kier alpha value is -4.02. The van der Waals surface area contributed by atoms with Crippen molar-refractivity contribution in [2.24, 2.45) is 0 Å². The molecule has 0 bridgehead atoms. The molecule has 2 amide bonds. The van der Waals surface area contributed by atoms with E-state index in [4.69, 9.17) is 0 Å². The fourth-order valence-electron chi connectivity index (χ4n) is 6.03. The molecule has 2 aliphatic rings. The SMILES string of the molecule is O=C(NC1CCN(Cc2ccccc2)C1)c1csc(C2CCN(C(=O)c3ccccc3-c3ccc(C(F)(F)F)cc3)CC2)n1. The summed E-state index contributed by atoms with van der Waals surface area (Å²) in [4.78, 5) is 35.3. The number of amides is 2. The zero-order valence-corrected chi connectivity index (χ0v) is 24.9. The van der Waals surface area contributed by atoms with E-state index in [2.05, 4.69) is 27.3 Å². The van der Waals surface area contributed by atoms with Crippen LogP contribution in [-0.4, -0.2) is 58.8 Å². The number of hydrogen-bond donors (Lipinski definition) is 1. The first-order chi connectivity index (χ1) is 21.2. The number of alkyl halides is 3. The van der Waals surface area contributed by atoms with E-state index in [0.717, 1.165) is 56.0 Å². The smallest absolute Gasteiger partial charge is 0.347 e. The van der Waals surface area contributed by atoms with Gasteiger partial charge in [0, 0.05) is 55.6 Å². The Balaban J connectivity index is 1.03. The van der Waals surface area contributed by atoms with E-state index in [0.29, 0.717) is 35.5 Å². The van der Waals surface area contributed by atoms with E-state index in [-0.39, 0.29) is 23.8 Å². The molecule has 1 unspecified atom stereocenters. The van der Waals surface area contributed by atoms with E-state index in [1.54, 1.807) is 29.2 Å². The van der Waals surface area contributed by atoms with Gasteiger partial charge in [0.1, 0.15) is 5.69 Å². The molecule has 2 fully saturated rings. The van der Waals surface area contributed by atoms with Gasteiger partial charge in [0.15, 0.2) is 0 Å². The highest BCUT2D eigenvalue weighted by Crippen LogP contribution is 2.34. The number of halogens is 3. The molecule has 6 nitrogen and oxygen atoms in total. The van der Waals surface area contributed by atoms with E-state index >= 15 is 0 Å². The number of aromatic nitrogens is 1. The maximum absolute atomic E-state index is 13.5. The number of carbonyl (C=O) groups excluding carboxylic acids is 2. The molecule has 6 rings (SSSR count). The van der Waals surface area contributed by atoms with E-state index < -0.39 is 11.7 Å². The second-order valence-electron chi connectivity index (χ2n) is 11.4. The van der Waals surface area contributed by atoms with Gasteiger partial charge in [0.2, 0.25) is 0 Å². The van der Waals surface area contributed by atoms with Gasteiger partial charge in [-0.05, 0) is 54.2 Å². The number of nitrogens with one attached hydrogen (secondary N) is 1.